The molecule has 1 aromatic heterocycles. The van der Waals surface area contributed by atoms with Gasteiger partial charge in [-0.25, -0.2) is 9.48 Å². The van der Waals surface area contributed by atoms with Crippen LogP contribution in [0.3, 0.4) is 0 Å². The Kier molecular flexibility index (Phi) is 7.64. The second kappa shape index (κ2) is 11.1. The molecule has 0 radical (unpaired) electrons. The number of methoxy groups -OCH3 is 1. The van der Waals surface area contributed by atoms with E-state index in [1.165, 1.54) is 5.56 Å². The molecule has 206 valence electrons. The molecule has 0 saturated carbocycles. The van der Waals surface area contributed by atoms with Gasteiger partial charge in [-0.15, -0.1) is 0 Å². The predicted molar refractivity (Wildman–Crippen MR) is 150 cm³/mol. The highest BCUT2D eigenvalue weighted by atomic mass is 16.6. The normalized spacial score (nSPS) is 18.3. The van der Waals surface area contributed by atoms with Gasteiger partial charge >= 0.3 is 6.09 Å². The highest BCUT2D eigenvalue weighted by Crippen LogP contribution is 2.35. The zero-order valence-corrected chi connectivity index (χ0v) is 23.3. The Labute approximate surface area is 230 Å². The summed E-state index contributed by atoms with van der Waals surface area (Å²) in [6.45, 7) is 8.20. The van der Waals surface area contributed by atoms with Crippen molar-refractivity contribution < 1.29 is 19.1 Å². The molecule has 0 N–H and O–H groups in total. The summed E-state index contributed by atoms with van der Waals surface area (Å²) in [6, 6.07) is 18.1. The van der Waals surface area contributed by atoms with Crippen molar-refractivity contribution in [1.29, 1.82) is 0 Å². The first-order valence-electron chi connectivity index (χ1n) is 13.8. The lowest BCUT2D eigenvalue weighted by Gasteiger charge is -2.34. The van der Waals surface area contributed by atoms with E-state index in [4.69, 9.17) is 14.6 Å². The summed E-state index contributed by atoms with van der Waals surface area (Å²) in [5.74, 6) is 1.21. The SMILES string of the molecule is COc1ccc(-n2ncc(C(=O)N3CCC(c4ccccc4)C3)c2C2CCN(C(=O)OC(C)(C)C)CC2)cc1. The fraction of sp³-hybridized carbons (Fsp3) is 0.452. The van der Waals surface area contributed by atoms with Crippen LogP contribution >= 0.6 is 0 Å². The Hall–Kier alpha value is -3.81. The summed E-state index contributed by atoms with van der Waals surface area (Å²) in [5.41, 5.74) is 3.18. The summed E-state index contributed by atoms with van der Waals surface area (Å²) in [6.07, 6.45) is 3.84. The highest BCUT2D eigenvalue weighted by molar-refractivity contribution is 5.95. The van der Waals surface area contributed by atoms with Crippen molar-refractivity contribution in [2.24, 2.45) is 0 Å². The maximum absolute atomic E-state index is 13.9. The second-order valence-electron chi connectivity index (χ2n) is 11.4. The molecular weight excluding hydrogens is 492 g/mol. The third-order valence-electron chi connectivity index (χ3n) is 7.63. The number of benzene rings is 2. The average molecular weight is 531 g/mol. The van der Waals surface area contributed by atoms with E-state index >= 15 is 0 Å². The van der Waals surface area contributed by atoms with Gasteiger partial charge < -0.3 is 19.3 Å². The van der Waals surface area contributed by atoms with Gasteiger partial charge in [0.15, 0.2) is 0 Å². The van der Waals surface area contributed by atoms with E-state index in [1.807, 2.05) is 60.7 Å². The van der Waals surface area contributed by atoms with Crippen LogP contribution in [0.15, 0.2) is 60.8 Å². The smallest absolute Gasteiger partial charge is 0.410 e. The van der Waals surface area contributed by atoms with Gasteiger partial charge in [0.25, 0.3) is 5.91 Å². The summed E-state index contributed by atoms with van der Waals surface area (Å²) in [5, 5.41) is 4.71. The van der Waals surface area contributed by atoms with Gasteiger partial charge in [-0.1, -0.05) is 30.3 Å². The molecule has 2 fully saturated rings. The minimum atomic E-state index is -0.534. The Morgan fingerprint density at radius 1 is 0.872 bits per heavy atom. The number of nitrogens with zero attached hydrogens (tertiary/aromatic N) is 4. The van der Waals surface area contributed by atoms with Crippen LogP contribution in [0.1, 0.15) is 73.5 Å². The molecule has 1 atom stereocenters. The monoisotopic (exact) mass is 530 g/mol. The number of rotatable bonds is 5. The Bertz CT molecular complexity index is 1290. The molecule has 0 bridgehead atoms. The van der Waals surface area contributed by atoms with Crippen LogP contribution in [0, 0.1) is 0 Å². The van der Waals surface area contributed by atoms with E-state index in [0.29, 0.717) is 31.1 Å². The minimum Gasteiger partial charge on any atom is -0.497 e. The van der Waals surface area contributed by atoms with Crippen molar-refractivity contribution in [3.8, 4) is 11.4 Å². The van der Waals surface area contributed by atoms with Crippen molar-refractivity contribution in [3.05, 3.63) is 77.6 Å². The van der Waals surface area contributed by atoms with E-state index in [0.717, 1.165) is 42.9 Å². The van der Waals surface area contributed by atoms with Crippen LogP contribution < -0.4 is 4.74 Å². The van der Waals surface area contributed by atoms with Crippen molar-refractivity contribution in [3.63, 3.8) is 0 Å². The first-order chi connectivity index (χ1) is 18.7. The minimum absolute atomic E-state index is 0.0257. The van der Waals surface area contributed by atoms with E-state index in [-0.39, 0.29) is 17.9 Å². The molecule has 0 aliphatic carbocycles. The number of carbonyl (C=O) groups is 2. The van der Waals surface area contributed by atoms with Gasteiger partial charge in [0.2, 0.25) is 0 Å². The topological polar surface area (TPSA) is 76.9 Å². The number of amides is 2. The zero-order valence-electron chi connectivity index (χ0n) is 23.3. The summed E-state index contributed by atoms with van der Waals surface area (Å²) in [7, 11) is 1.64. The van der Waals surface area contributed by atoms with Crippen molar-refractivity contribution in [1.82, 2.24) is 19.6 Å². The number of hydrogen-bond donors (Lipinski definition) is 0. The molecule has 0 spiro atoms. The summed E-state index contributed by atoms with van der Waals surface area (Å²) < 4.78 is 12.8. The van der Waals surface area contributed by atoms with Crippen LogP contribution in [-0.2, 0) is 4.74 Å². The van der Waals surface area contributed by atoms with Crippen LogP contribution in [0.25, 0.3) is 5.69 Å². The quantitative estimate of drug-likeness (QED) is 0.428. The van der Waals surface area contributed by atoms with E-state index in [9.17, 15) is 9.59 Å². The number of hydrogen-bond acceptors (Lipinski definition) is 5. The number of likely N-dealkylation sites (tertiary alicyclic amines) is 2. The highest BCUT2D eigenvalue weighted by Gasteiger charge is 2.35. The molecule has 8 heteroatoms. The number of piperidine rings is 1. The first-order valence-corrected chi connectivity index (χ1v) is 13.8. The van der Waals surface area contributed by atoms with Crippen molar-refractivity contribution >= 4 is 12.0 Å². The average Bonchev–Trinajstić information content (AvgIpc) is 3.61. The van der Waals surface area contributed by atoms with Crippen LogP contribution in [-0.4, -0.2) is 70.5 Å². The van der Waals surface area contributed by atoms with Crippen molar-refractivity contribution in [2.75, 3.05) is 33.3 Å². The van der Waals surface area contributed by atoms with Gasteiger partial charge in [0, 0.05) is 38.0 Å². The lowest BCUT2D eigenvalue weighted by molar-refractivity contribution is 0.0203. The second-order valence-corrected chi connectivity index (χ2v) is 11.4. The van der Waals surface area contributed by atoms with Gasteiger partial charge in [0.05, 0.1) is 30.3 Å². The number of aromatic nitrogens is 2. The van der Waals surface area contributed by atoms with Crippen LogP contribution in [0.4, 0.5) is 4.79 Å². The molecule has 8 nitrogen and oxygen atoms in total. The zero-order chi connectivity index (χ0) is 27.6. The molecule has 39 heavy (non-hydrogen) atoms. The molecule has 2 saturated heterocycles. The van der Waals surface area contributed by atoms with Gasteiger partial charge in [-0.2, -0.15) is 5.10 Å². The lowest BCUT2D eigenvalue weighted by Crippen LogP contribution is -2.41. The maximum atomic E-state index is 13.9. The summed E-state index contributed by atoms with van der Waals surface area (Å²) >= 11 is 0. The van der Waals surface area contributed by atoms with Gasteiger partial charge in [-0.3, -0.25) is 4.79 Å². The predicted octanol–water partition coefficient (Wildman–Crippen LogP) is 5.63. The molecule has 2 aliphatic rings. The molecule has 3 aromatic rings. The Morgan fingerprint density at radius 2 is 1.51 bits per heavy atom. The molecule has 1 unspecified atom stereocenters. The molecular formula is C31H38N4O4. The molecule has 2 aliphatic heterocycles. The fourth-order valence-corrected chi connectivity index (χ4v) is 5.62. The Morgan fingerprint density at radius 3 is 2.15 bits per heavy atom. The van der Waals surface area contributed by atoms with Gasteiger partial charge in [-0.05, 0) is 69.9 Å². The van der Waals surface area contributed by atoms with E-state index < -0.39 is 5.60 Å². The molecule has 2 aromatic carbocycles. The van der Waals surface area contributed by atoms with E-state index in [2.05, 4.69) is 24.3 Å². The summed E-state index contributed by atoms with van der Waals surface area (Å²) in [4.78, 5) is 30.3. The van der Waals surface area contributed by atoms with Crippen LogP contribution in [0.2, 0.25) is 0 Å². The van der Waals surface area contributed by atoms with Crippen molar-refractivity contribution in [2.45, 2.75) is 57.5 Å². The maximum Gasteiger partial charge on any atom is 0.410 e. The lowest BCUT2D eigenvalue weighted by atomic mass is 9.90. The number of carbonyl (C=O) groups excluding carboxylic acids is 2. The third kappa shape index (κ3) is 5.95. The molecule has 5 rings (SSSR count). The molecule has 2 amide bonds. The molecule has 3 heterocycles. The first kappa shape index (κ1) is 26.8. The number of ether oxygens (including phenoxy) is 2. The third-order valence-corrected chi connectivity index (χ3v) is 7.63. The van der Waals surface area contributed by atoms with E-state index in [1.54, 1.807) is 18.2 Å². The largest absolute Gasteiger partial charge is 0.497 e. The van der Waals surface area contributed by atoms with Crippen LogP contribution in [0.5, 0.6) is 5.75 Å². The fourth-order valence-electron chi connectivity index (χ4n) is 5.62. The standard InChI is InChI=1S/C31H38N4O4/c1-31(2,3)39-30(37)33-17-14-23(15-18-33)28-27(20-32-35(28)25-10-12-26(38-4)13-11-25)29(36)34-19-16-24(21-34)22-8-6-5-7-9-22/h5-13,20,23-24H,14-19,21H2,1-4H3. The van der Waals surface area contributed by atoms with Gasteiger partial charge in [0.1, 0.15) is 11.4 Å². The Balaban J connectivity index is 1.40.